The van der Waals surface area contributed by atoms with Crippen molar-refractivity contribution in [3.05, 3.63) is 52.9 Å². The highest BCUT2D eigenvalue weighted by molar-refractivity contribution is 7.07. The first-order valence-corrected chi connectivity index (χ1v) is 6.13. The molecule has 3 rings (SSSR count). The van der Waals surface area contributed by atoms with Crippen molar-refractivity contribution in [1.82, 2.24) is 4.57 Å². The fourth-order valence-electron chi connectivity index (χ4n) is 1.94. The molecule has 0 atom stereocenters. The zero-order valence-electron chi connectivity index (χ0n) is 8.76. The predicted octanol–water partition coefficient (Wildman–Crippen LogP) is 3.33. The van der Waals surface area contributed by atoms with Crippen LogP contribution < -0.4 is 5.73 Å². The summed E-state index contributed by atoms with van der Waals surface area (Å²) in [5.74, 6) is 0. The third-order valence-corrected chi connectivity index (χ3v) is 3.46. The van der Waals surface area contributed by atoms with E-state index in [1.54, 1.807) is 11.3 Å². The number of fused-ring (bicyclic) bond motifs is 1. The lowest BCUT2D eigenvalue weighted by atomic mass is 10.2. The molecule has 0 aliphatic rings. The van der Waals surface area contributed by atoms with Crippen molar-refractivity contribution >= 4 is 27.9 Å². The summed E-state index contributed by atoms with van der Waals surface area (Å²) >= 11 is 1.74. The van der Waals surface area contributed by atoms with Crippen LogP contribution in [0.1, 0.15) is 5.56 Å². The molecule has 16 heavy (non-hydrogen) atoms. The van der Waals surface area contributed by atoms with Crippen molar-refractivity contribution in [1.29, 1.82) is 0 Å². The number of nitrogens with zero attached hydrogens (tertiary/aromatic N) is 1. The first-order valence-electron chi connectivity index (χ1n) is 5.18. The largest absolute Gasteiger partial charge is 0.399 e. The van der Waals surface area contributed by atoms with E-state index in [9.17, 15) is 0 Å². The fourth-order valence-corrected chi connectivity index (χ4v) is 2.60. The molecule has 2 N–H and O–H groups in total. The van der Waals surface area contributed by atoms with Gasteiger partial charge >= 0.3 is 0 Å². The van der Waals surface area contributed by atoms with E-state index in [0.29, 0.717) is 0 Å². The number of aromatic nitrogens is 1. The van der Waals surface area contributed by atoms with E-state index in [4.69, 9.17) is 5.73 Å². The summed E-state index contributed by atoms with van der Waals surface area (Å²) in [7, 11) is 0. The second-order valence-corrected chi connectivity index (χ2v) is 4.67. The highest BCUT2D eigenvalue weighted by Crippen LogP contribution is 2.20. The highest BCUT2D eigenvalue weighted by Gasteiger charge is 2.02. The molecule has 0 fully saturated rings. The van der Waals surface area contributed by atoms with Gasteiger partial charge < -0.3 is 10.3 Å². The summed E-state index contributed by atoms with van der Waals surface area (Å²) < 4.78 is 2.25. The SMILES string of the molecule is Nc1ccc2c(ccn2Cc2ccsc2)c1. The number of nitrogens with two attached hydrogens (primary N) is 1. The predicted molar refractivity (Wildman–Crippen MR) is 69.8 cm³/mol. The number of benzene rings is 1. The van der Waals surface area contributed by atoms with Crippen LogP contribution >= 0.6 is 11.3 Å². The van der Waals surface area contributed by atoms with Crippen LogP contribution in [0.5, 0.6) is 0 Å². The normalized spacial score (nSPS) is 11.0. The van der Waals surface area contributed by atoms with Crippen molar-refractivity contribution < 1.29 is 0 Å². The Morgan fingerprint density at radius 2 is 2.12 bits per heavy atom. The van der Waals surface area contributed by atoms with Crippen LogP contribution in [-0.2, 0) is 6.54 Å². The van der Waals surface area contributed by atoms with Gasteiger partial charge in [0.1, 0.15) is 0 Å². The summed E-state index contributed by atoms with van der Waals surface area (Å²) in [5.41, 5.74) is 9.16. The van der Waals surface area contributed by atoms with Gasteiger partial charge in [0.25, 0.3) is 0 Å². The van der Waals surface area contributed by atoms with Crippen LogP contribution in [0.15, 0.2) is 47.3 Å². The zero-order valence-corrected chi connectivity index (χ0v) is 9.58. The topological polar surface area (TPSA) is 30.9 Å². The van der Waals surface area contributed by atoms with Crippen molar-refractivity contribution in [3.63, 3.8) is 0 Å². The van der Waals surface area contributed by atoms with Crippen molar-refractivity contribution in [2.45, 2.75) is 6.54 Å². The standard InChI is InChI=1S/C13H12N2S/c14-12-1-2-13-11(7-12)3-5-15(13)8-10-4-6-16-9-10/h1-7,9H,8,14H2. The van der Waals surface area contributed by atoms with Crippen LogP contribution in [0, 0.1) is 0 Å². The quantitative estimate of drug-likeness (QED) is 0.670. The Labute approximate surface area is 97.9 Å². The molecule has 2 nitrogen and oxygen atoms in total. The van der Waals surface area contributed by atoms with E-state index in [-0.39, 0.29) is 0 Å². The summed E-state index contributed by atoms with van der Waals surface area (Å²) in [6.07, 6.45) is 2.11. The number of hydrogen-bond acceptors (Lipinski definition) is 2. The average Bonchev–Trinajstić information content (AvgIpc) is 2.89. The molecule has 2 heterocycles. The first-order chi connectivity index (χ1) is 7.83. The lowest BCUT2D eigenvalue weighted by Gasteiger charge is -2.03. The molecule has 2 aromatic heterocycles. The highest BCUT2D eigenvalue weighted by atomic mass is 32.1. The number of anilines is 1. The Morgan fingerprint density at radius 3 is 2.94 bits per heavy atom. The van der Waals surface area contributed by atoms with E-state index in [2.05, 4.69) is 39.7 Å². The minimum Gasteiger partial charge on any atom is -0.399 e. The van der Waals surface area contributed by atoms with Crippen molar-refractivity contribution in [2.75, 3.05) is 5.73 Å². The first kappa shape index (κ1) is 9.48. The molecule has 0 unspecified atom stereocenters. The number of rotatable bonds is 2. The molecule has 0 saturated carbocycles. The second-order valence-electron chi connectivity index (χ2n) is 3.89. The maximum Gasteiger partial charge on any atom is 0.0484 e. The molecular weight excluding hydrogens is 216 g/mol. The lowest BCUT2D eigenvalue weighted by Crippen LogP contribution is -1.96. The molecule has 3 aromatic rings. The molecule has 0 saturated heterocycles. The van der Waals surface area contributed by atoms with Crippen molar-refractivity contribution in [3.8, 4) is 0 Å². The van der Waals surface area contributed by atoms with Crippen LogP contribution in [0.25, 0.3) is 10.9 Å². The summed E-state index contributed by atoms with van der Waals surface area (Å²) in [4.78, 5) is 0. The summed E-state index contributed by atoms with van der Waals surface area (Å²) in [6, 6.07) is 10.3. The minimum absolute atomic E-state index is 0.820. The molecule has 0 aliphatic carbocycles. The van der Waals surface area contributed by atoms with Gasteiger partial charge in [-0.15, -0.1) is 0 Å². The van der Waals surface area contributed by atoms with Gasteiger partial charge in [0.15, 0.2) is 0 Å². The Morgan fingerprint density at radius 1 is 1.19 bits per heavy atom. The second kappa shape index (κ2) is 3.68. The molecular formula is C13H12N2S. The number of thiophene rings is 1. The number of nitrogen functional groups attached to an aromatic ring is 1. The Balaban J connectivity index is 2.04. The minimum atomic E-state index is 0.820. The molecule has 1 aromatic carbocycles. The van der Waals surface area contributed by atoms with Gasteiger partial charge in [0.05, 0.1) is 0 Å². The third-order valence-electron chi connectivity index (χ3n) is 2.73. The van der Waals surface area contributed by atoms with Gasteiger partial charge in [-0.2, -0.15) is 11.3 Å². The van der Waals surface area contributed by atoms with Crippen molar-refractivity contribution in [2.24, 2.45) is 0 Å². The maximum atomic E-state index is 5.76. The monoisotopic (exact) mass is 228 g/mol. The van der Waals surface area contributed by atoms with Gasteiger partial charge in [-0.1, -0.05) is 0 Å². The Bertz CT molecular complexity index is 608. The maximum absolute atomic E-state index is 5.76. The summed E-state index contributed by atoms with van der Waals surface area (Å²) in [5, 5.41) is 5.50. The van der Waals surface area contributed by atoms with Gasteiger partial charge in [-0.25, -0.2) is 0 Å². The van der Waals surface area contributed by atoms with Crippen LogP contribution in [0.3, 0.4) is 0 Å². The van der Waals surface area contributed by atoms with Crippen LogP contribution in [-0.4, -0.2) is 4.57 Å². The molecule has 0 radical (unpaired) electrons. The van der Waals surface area contributed by atoms with Gasteiger partial charge in [0.2, 0.25) is 0 Å². The zero-order chi connectivity index (χ0) is 11.0. The molecule has 80 valence electrons. The van der Waals surface area contributed by atoms with E-state index >= 15 is 0 Å². The van der Waals surface area contributed by atoms with E-state index < -0.39 is 0 Å². The molecule has 3 heteroatoms. The van der Waals surface area contributed by atoms with E-state index in [1.165, 1.54) is 16.5 Å². The van der Waals surface area contributed by atoms with Crippen LogP contribution in [0.2, 0.25) is 0 Å². The smallest absolute Gasteiger partial charge is 0.0484 e. The van der Waals surface area contributed by atoms with Gasteiger partial charge in [0, 0.05) is 29.3 Å². The van der Waals surface area contributed by atoms with E-state index in [0.717, 1.165) is 12.2 Å². The lowest BCUT2D eigenvalue weighted by molar-refractivity contribution is 0.840. The fraction of sp³-hybridized carbons (Fsp3) is 0.0769. The number of hydrogen-bond donors (Lipinski definition) is 1. The molecule has 0 spiro atoms. The van der Waals surface area contributed by atoms with Gasteiger partial charge in [-0.05, 0) is 46.7 Å². The van der Waals surface area contributed by atoms with Gasteiger partial charge in [-0.3, -0.25) is 0 Å². The molecule has 0 amide bonds. The van der Waals surface area contributed by atoms with Crippen LogP contribution in [0.4, 0.5) is 5.69 Å². The summed E-state index contributed by atoms with van der Waals surface area (Å²) in [6.45, 7) is 0.927. The van der Waals surface area contributed by atoms with E-state index in [1.807, 2.05) is 12.1 Å². The third kappa shape index (κ3) is 1.59. The molecule has 0 bridgehead atoms. The Kier molecular flexibility index (Phi) is 2.18. The average molecular weight is 228 g/mol. The Hall–Kier alpha value is -1.74. The molecule has 0 aliphatic heterocycles.